The highest BCUT2D eigenvalue weighted by molar-refractivity contribution is 5.95. The van der Waals surface area contributed by atoms with E-state index in [2.05, 4.69) is 36.6 Å². The lowest BCUT2D eigenvalue weighted by atomic mass is 9.75. The fraction of sp³-hybridized carbons (Fsp3) is 0.650. The highest BCUT2D eigenvalue weighted by atomic mass is 16.6. The van der Waals surface area contributed by atoms with Crippen molar-refractivity contribution in [1.82, 2.24) is 10.2 Å². The molecule has 1 aromatic carbocycles. The summed E-state index contributed by atoms with van der Waals surface area (Å²) >= 11 is 0. The minimum absolute atomic E-state index is 0.0387. The number of anilines is 1. The Hall–Kier alpha value is -2.15. The monoisotopic (exact) mass is 374 g/mol. The SMILES string of the molecule is C[C@@H]1CCC[C@@](CNC(=O)c2ccc(NC3CC3)c([N+](=O)[O-])c2)(N(C)C)C1. The number of nitrogens with one attached hydrogen (secondary N) is 2. The van der Waals surface area contributed by atoms with Crippen molar-refractivity contribution in [3.05, 3.63) is 33.9 Å². The van der Waals surface area contributed by atoms with Crippen molar-refractivity contribution in [3.63, 3.8) is 0 Å². The van der Waals surface area contributed by atoms with Gasteiger partial charge in [-0.05, 0) is 57.8 Å². The minimum Gasteiger partial charge on any atom is -0.377 e. The molecule has 1 aromatic rings. The standard InChI is InChI=1S/C20H30N4O3/c1-14-5-4-10-20(12-14,23(2)3)13-21-19(25)15-6-9-17(22-16-7-8-16)18(11-15)24(26)27/h6,9,11,14,16,22H,4-5,7-8,10,12-13H2,1-3H3,(H,21,25)/t14-,20-/m1/s1. The molecule has 0 heterocycles. The fourth-order valence-corrected chi connectivity index (χ4v) is 4.10. The second-order valence-electron chi connectivity index (χ2n) is 8.41. The third-order valence-electron chi connectivity index (χ3n) is 5.99. The van der Waals surface area contributed by atoms with Crippen LogP contribution in [0, 0.1) is 16.0 Å². The van der Waals surface area contributed by atoms with Crippen LogP contribution in [0.1, 0.15) is 55.8 Å². The Labute approximate surface area is 160 Å². The molecule has 2 saturated carbocycles. The Morgan fingerprint density at radius 2 is 2.07 bits per heavy atom. The van der Waals surface area contributed by atoms with E-state index in [1.807, 2.05) is 0 Å². The number of amides is 1. The number of carbonyl (C=O) groups excluding carboxylic acids is 1. The molecule has 0 aliphatic heterocycles. The first-order chi connectivity index (χ1) is 12.8. The topological polar surface area (TPSA) is 87.5 Å². The average Bonchev–Trinajstić information content (AvgIpc) is 3.43. The van der Waals surface area contributed by atoms with Gasteiger partial charge in [-0.15, -0.1) is 0 Å². The molecular weight excluding hydrogens is 344 g/mol. The number of nitrogens with zero attached hydrogens (tertiary/aromatic N) is 2. The van der Waals surface area contributed by atoms with Gasteiger partial charge >= 0.3 is 0 Å². The van der Waals surface area contributed by atoms with Gasteiger partial charge in [0.15, 0.2) is 0 Å². The molecule has 0 radical (unpaired) electrons. The van der Waals surface area contributed by atoms with E-state index in [1.54, 1.807) is 12.1 Å². The second kappa shape index (κ2) is 7.84. The first kappa shape index (κ1) is 19.6. The Balaban J connectivity index is 1.71. The Morgan fingerprint density at radius 1 is 1.33 bits per heavy atom. The van der Waals surface area contributed by atoms with E-state index in [-0.39, 0.29) is 17.1 Å². The molecule has 2 atom stereocenters. The van der Waals surface area contributed by atoms with Gasteiger partial charge in [-0.2, -0.15) is 0 Å². The highest BCUT2D eigenvalue weighted by Gasteiger charge is 2.37. The molecule has 7 heteroatoms. The molecule has 0 aromatic heterocycles. The summed E-state index contributed by atoms with van der Waals surface area (Å²) in [5, 5.41) is 17.6. The van der Waals surface area contributed by atoms with Crippen molar-refractivity contribution in [3.8, 4) is 0 Å². The number of hydrogen-bond donors (Lipinski definition) is 2. The first-order valence-corrected chi connectivity index (χ1v) is 9.81. The molecular formula is C20H30N4O3. The van der Waals surface area contributed by atoms with Crippen LogP contribution >= 0.6 is 0 Å². The first-order valence-electron chi connectivity index (χ1n) is 9.81. The summed E-state index contributed by atoms with van der Waals surface area (Å²) in [6.07, 6.45) is 6.54. The molecule has 27 heavy (non-hydrogen) atoms. The zero-order valence-electron chi connectivity index (χ0n) is 16.5. The largest absolute Gasteiger partial charge is 0.377 e. The Morgan fingerprint density at radius 3 is 2.67 bits per heavy atom. The van der Waals surface area contributed by atoms with Crippen molar-refractivity contribution in [2.24, 2.45) is 5.92 Å². The average molecular weight is 374 g/mol. The van der Waals surface area contributed by atoms with Crippen LogP contribution in [0.25, 0.3) is 0 Å². The van der Waals surface area contributed by atoms with Crippen LogP contribution in [-0.4, -0.2) is 48.0 Å². The van der Waals surface area contributed by atoms with Crippen LogP contribution in [-0.2, 0) is 0 Å². The van der Waals surface area contributed by atoms with Gasteiger partial charge in [-0.1, -0.05) is 19.8 Å². The molecule has 2 fully saturated rings. The maximum atomic E-state index is 12.7. The lowest BCUT2D eigenvalue weighted by Crippen LogP contribution is -2.55. The number of benzene rings is 1. The Bertz CT molecular complexity index is 717. The van der Waals surface area contributed by atoms with E-state index in [0.29, 0.717) is 29.8 Å². The zero-order chi connectivity index (χ0) is 19.6. The number of nitro groups is 1. The molecule has 0 spiro atoms. The fourth-order valence-electron chi connectivity index (χ4n) is 4.10. The van der Waals surface area contributed by atoms with Gasteiger partial charge < -0.3 is 15.5 Å². The van der Waals surface area contributed by atoms with Crippen molar-refractivity contribution in [1.29, 1.82) is 0 Å². The van der Waals surface area contributed by atoms with Crippen molar-refractivity contribution in [2.75, 3.05) is 26.0 Å². The maximum Gasteiger partial charge on any atom is 0.293 e. The molecule has 0 saturated heterocycles. The number of hydrogen-bond acceptors (Lipinski definition) is 5. The van der Waals surface area contributed by atoms with E-state index in [1.165, 1.54) is 12.5 Å². The Kier molecular flexibility index (Phi) is 5.69. The number of rotatable bonds is 7. The van der Waals surface area contributed by atoms with Gasteiger partial charge in [0.1, 0.15) is 5.69 Å². The minimum atomic E-state index is -0.425. The van der Waals surface area contributed by atoms with Gasteiger partial charge in [0.25, 0.3) is 11.6 Å². The molecule has 1 amide bonds. The summed E-state index contributed by atoms with van der Waals surface area (Å²) in [6, 6.07) is 5.01. The van der Waals surface area contributed by atoms with Crippen LogP contribution in [0.15, 0.2) is 18.2 Å². The van der Waals surface area contributed by atoms with Crippen LogP contribution in [0.3, 0.4) is 0 Å². The smallest absolute Gasteiger partial charge is 0.293 e. The molecule has 3 rings (SSSR count). The lowest BCUT2D eigenvalue weighted by molar-refractivity contribution is -0.384. The van der Waals surface area contributed by atoms with E-state index in [9.17, 15) is 14.9 Å². The van der Waals surface area contributed by atoms with Gasteiger partial charge in [0, 0.05) is 29.8 Å². The summed E-state index contributed by atoms with van der Waals surface area (Å²) in [6.45, 7) is 2.81. The van der Waals surface area contributed by atoms with Crippen molar-refractivity contribution < 1.29 is 9.72 Å². The summed E-state index contributed by atoms with van der Waals surface area (Å²) in [4.78, 5) is 25.9. The number of likely N-dealkylation sites (N-methyl/N-ethyl adjacent to an activating group) is 1. The van der Waals surface area contributed by atoms with Gasteiger partial charge in [0.2, 0.25) is 0 Å². The normalized spacial score (nSPS) is 25.3. The third-order valence-corrected chi connectivity index (χ3v) is 5.99. The molecule has 0 unspecified atom stereocenters. The summed E-state index contributed by atoms with van der Waals surface area (Å²) in [7, 11) is 4.13. The predicted molar refractivity (Wildman–Crippen MR) is 106 cm³/mol. The van der Waals surface area contributed by atoms with Crippen LogP contribution in [0.2, 0.25) is 0 Å². The van der Waals surface area contributed by atoms with Crippen LogP contribution < -0.4 is 10.6 Å². The molecule has 2 aliphatic carbocycles. The van der Waals surface area contributed by atoms with Crippen molar-refractivity contribution in [2.45, 2.75) is 57.0 Å². The van der Waals surface area contributed by atoms with E-state index < -0.39 is 4.92 Å². The van der Waals surface area contributed by atoms with E-state index >= 15 is 0 Å². The zero-order valence-corrected chi connectivity index (χ0v) is 16.5. The van der Waals surface area contributed by atoms with Crippen LogP contribution in [0.5, 0.6) is 0 Å². The molecule has 7 nitrogen and oxygen atoms in total. The second-order valence-corrected chi connectivity index (χ2v) is 8.41. The van der Waals surface area contributed by atoms with Gasteiger partial charge in [-0.3, -0.25) is 14.9 Å². The lowest BCUT2D eigenvalue weighted by Gasteiger charge is -2.45. The quantitative estimate of drug-likeness (QED) is 0.564. The van der Waals surface area contributed by atoms with Crippen molar-refractivity contribution >= 4 is 17.3 Å². The predicted octanol–water partition coefficient (Wildman–Crippen LogP) is 3.41. The molecule has 148 valence electrons. The summed E-state index contributed by atoms with van der Waals surface area (Å²) in [5.74, 6) is 0.377. The summed E-state index contributed by atoms with van der Waals surface area (Å²) in [5.41, 5.74) is 0.737. The molecule has 2 aliphatic rings. The van der Waals surface area contributed by atoms with Crippen LogP contribution in [0.4, 0.5) is 11.4 Å². The number of carbonyl (C=O) groups is 1. The third kappa shape index (κ3) is 4.58. The highest BCUT2D eigenvalue weighted by Crippen LogP contribution is 2.35. The molecule has 2 N–H and O–H groups in total. The number of nitro benzene ring substituents is 1. The van der Waals surface area contributed by atoms with E-state index in [4.69, 9.17) is 0 Å². The van der Waals surface area contributed by atoms with Gasteiger partial charge in [0.05, 0.1) is 4.92 Å². The van der Waals surface area contributed by atoms with E-state index in [0.717, 1.165) is 32.1 Å². The molecule has 0 bridgehead atoms. The van der Waals surface area contributed by atoms with Gasteiger partial charge in [-0.25, -0.2) is 0 Å². The summed E-state index contributed by atoms with van der Waals surface area (Å²) < 4.78 is 0. The maximum absolute atomic E-state index is 12.7.